The number of benzene rings is 2. The Bertz CT molecular complexity index is 3070. The van der Waals surface area contributed by atoms with Gasteiger partial charge in [-0.1, -0.05) is 44.5 Å². The maximum Gasteiger partial charge on any atom is 0.326 e. The Balaban J connectivity index is 1.76. The maximum absolute atomic E-state index is 14.6. The van der Waals surface area contributed by atoms with Crippen molar-refractivity contribution in [2.45, 2.75) is 190 Å². The zero-order valence-corrected chi connectivity index (χ0v) is 57.5. The lowest BCUT2D eigenvalue weighted by molar-refractivity contribution is -0.144. The molecule has 0 spiro atoms. The maximum atomic E-state index is 14.6. The van der Waals surface area contributed by atoms with Gasteiger partial charge < -0.3 is 107 Å². The highest BCUT2D eigenvalue weighted by atomic mass is 32.2. The molecule has 0 unspecified atom stereocenters. The monoisotopic (exact) mass is 1410 g/mol. The van der Waals surface area contributed by atoms with Gasteiger partial charge in [-0.3, -0.25) is 62.5 Å². The van der Waals surface area contributed by atoms with Gasteiger partial charge in [0.25, 0.3) is 0 Å². The van der Waals surface area contributed by atoms with Gasteiger partial charge in [-0.05, 0) is 157 Å². The summed E-state index contributed by atoms with van der Waals surface area (Å²) < 4.78 is 0. The van der Waals surface area contributed by atoms with E-state index in [0.717, 1.165) is 4.90 Å². The second-order valence-corrected chi connectivity index (χ2v) is 25.2. The first-order valence-corrected chi connectivity index (χ1v) is 34.3. The second kappa shape index (κ2) is 43.8. The lowest BCUT2D eigenvalue weighted by Gasteiger charge is -2.31. The fraction of sp³-hybridized carbons (Fsp3) is 0.594. The van der Waals surface area contributed by atoms with Crippen molar-refractivity contribution in [3.8, 4) is 11.5 Å². The zero-order chi connectivity index (χ0) is 73.9. The molecule has 2 aromatic rings. The predicted octanol–water partition coefficient (Wildman–Crippen LogP) is -3.61. The molecule has 1 aliphatic heterocycles. The molecule has 0 aromatic heterocycles. The Morgan fingerprint density at radius 1 is 0.576 bits per heavy atom. The van der Waals surface area contributed by atoms with E-state index in [0.29, 0.717) is 49.0 Å². The van der Waals surface area contributed by atoms with E-state index in [-0.39, 0.29) is 101 Å². The summed E-state index contributed by atoms with van der Waals surface area (Å²) in [6.07, 6.45) is 2.92. The van der Waals surface area contributed by atoms with Gasteiger partial charge in [0, 0.05) is 19.5 Å². The lowest BCUT2D eigenvalue weighted by Crippen LogP contribution is -2.60. The average molecular weight is 1410 g/mol. The number of hydrogen-bond acceptors (Lipinski definition) is 20. The highest BCUT2D eigenvalue weighted by molar-refractivity contribution is 7.98. The number of carbonyl (C=O) groups excluding carboxylic acids is 11. The van der Waals surface area contributed by atoms with E-state index in [2.05, 4.69) is 58.2 Å². The molecule has 1 heterocycles. The summed E-state index contributed by atoms with van der Waals surface area (Å²) in [5, 5.41) is 64.4. The van der Waals surface area contributed by atoms with Crippen LogP contribution < -0.4 is 81.8 Å². The topological polar surface area (TPSA) is 569 Å². The van der Waals surface area contributed by atoms with Crippen LogP contribution in [-0.2, 0) is 75.2 Å². The molecule has 1 fully saturated rings. The third kappa shape index (κ3) is 30.1. The van der Waals surface area contributed by atoms with Crippen molar-refractivity contribution >= 4 is 94.6 Å². The summed E-state index contributed by atoms with van der Waals surface area (Å²) in [4.78, 5) is 182. The Morgan fingerprint density at radius 3 is 1.62 bits per heavy atom. The Labute approximate surface area is 579 Å². The predicted molar refractivity (Wildman–Crippen MR) is 366 cm³/mol. The molecule has 550 valence electrons. The number of likely N-dealkylation sites (tertiary alicyclic amines) is 1. The summed E-state index contributed by atoms with van der Waals surface area (Å²) in [6, 6.07) is -2.99. The molecule has 11 amide bonds. The van der Waals surface area contributed by atoms with Crippen LogP contribution in [0.5, 0.6) is 11.5 Å². The number of nitrogens with two attached hydrogens (primary N) is 5. The SMILES string of the molecule is CC[C@H](C)[C@H](NC(=O)[C@H](CCCCN)NC(=O)[C@H](C)NC(=O)CNC(=O)[C@H](Cc1ccc(O)cc1)NC(=O)[C@@H](N)Cc1ccc(O)cc1)C(=O)N[C@@H](C)C(=O)N[C@@H](CCCN=C(N)N)C(=O)N1CCC[C@@H]1C(=O)N[C@@H](CC(=O)O)C(=O)N[C@@H](CCCCN)C(=O)N[C@@H](CCSC)C(=O)O. The molecule has 1 aliphatic rings. The van der Waals surface area contributed by atoms with Crippen LogP contribution >= 0.6 is 11.8 Å². The number of aliphatic imine (C=N–C) groups is 1. The highest BCUT2D eigenvalue weighted by Gasteiger charge is 2.41. The number of nitrogens with one attached hydrogen (secondary N) is 10. The van der Waals surface area contributed by atoms with Crippen molar-refractivity contribution in [1.82, 2.24) is 58.1 Å². The van der Waals surface area contributed by atoms with Crippen molar-refractivity contribution in [2.75, 3.05) is 44.7 Å². The van der Waals surface area contributed by atoms with E-state index < -0.39 is 162 Å². The van der Waals surface area contributed by atoms with Crippen molar-refractivity contribution < 1.29 is 82.8 Å². The van der Waals surface area contributed by atoms with E-state index in [4.69, 9.17) is 28.7 Å². The first-order valence-electron chi connectivity index (χ1n) is 32.9. The van der Waals surface area contributed by atoms with E-state index in [9.17, 15) is 82.8 Å². The van der Waals surface area contributed by atoms with Crippen LogP contribution in [0, 0.1) is 5.92 Å². The first-order chi connectivity index (χ1) is 46.9. The van der Waals surface area contributed by atoms with Gasteiger partial charge in [0.05, 0.1) is 19.0 Å². The molecule has 3 rings (SSSR count). The molecule has 2 aromatic carbocycles. The molecular weight excluding hydrogens is 1310 g/mol. The molecular formula is C64H101N17O17S. The molecule has 35 heteroatoms. The molecule has 34 nitrogen and oxygen atoms in total. The number of aliphatic carboxylic acids is 2. The van der Waals surface area contributed by atoms with Gasteiger partial charge >= 0.3 is 11.9 Å². The first kappa shape index (κ1) is 83.9. The Hall–Kier alpha value is -9.35. The largest absolute Gasteiger partial charge is 0.508 e. The molecule has 99 heavy (non-hydrogen) atoms. The van der Waals surface area contributed by atoms with Crippen LogP contribution in [0.25, 0.3) is 0 Å². The minimum atomic E-state index is -1.79. The van der Waals surface area contributed by atoms with E-state index in [1.54, 1.807) is 32.2 Å². The van der Waals surface area contributed by atoms with Gasteiger partial charge in [-0.15, -0.1) is 0 Å². The molecule has 12 atom stereocenters. The number of rotatable bonds is 45. The second-order valence-electron chi connectivity index (χ2n) is 24.2. The summed E-state index contributed by atoms with van der Waals surface area (Å²) >= 11 is 1.35. The third-order valence-electron chi connectivity index (χ3n) is 16.3. The Morgan fingerprint density at radius 2 is 1.08 bits per heavy atom. The lowest BCUT2D eigenvalue weighted by atomic mass is 9.97. The summed E-state index contributed by atoms with van der Waals surface area (Å²) in [6.45, 7) is 5.80. The van der Waals surface area contributed by atoms with E-state index in [1.807, 2.05) is 0 Å². The number of amides is 11. The minimum Gasteiger partial charge on any atom is -0.508 e. The average Bonchev–Trinajstić information content (AvgIpc) is 1.79. The molecule has 0 radical (unpaired) electrons. The zero-order valence-electron chi connectivity index (χ0n) is 56.7. The molecule has 0 aliphatic carbocycles. The summed E-state index contributed by atoms with van der Waals surface area (Å²) in [5.74, 6) is -12.7. The number of nitrogens with zero attached hydrogens (tertiary/aromatic N) is 2. The van der Waals surface area contributed by atoms with Crippen molar-refractivity contribution in [2.24, 2.45) is 39.6 Å². The standard InChI is InChI=1S/C64H101N17O17S/c1-6-35(2)52(80-58(92)44(14-8-10-27-66)74-53(87)36(3)72-50(84)34-71-56(90)47(32-39-19-23-41(83)24-20-39)78-55(89)42(67)31-38-17-21-40(82)22-18-38)61(95)73-37(4)54(88)76-45(15-11-28-70-64(68)69)62(96)81-29-12-16-49(81)60(94)79-48(33-51(85)86)59(93)75-43(13-7-9-26-65)57(91)77-46(63(97)98)25-30-99-5/h17-24,35-37,42-49,52,82-83H,6-16,25-34,65-67H2,1-5H3,(H,71,90)(H,72,84)(H,73,95)(H,74,87)(H,75,93)(H,76,88)(H,77,91)(H,78,89)(H,79,94)(H,80,92)(H,85,86)(H,97,98)(H4,68,69,70)/t35-,36-,37-,42-,43-,44-,45-,46-,47-,48-,49+,52-/m0/s1. The normalized spacial score (nSPS) is 15.9. The number of carboxylic acid groups (broad SMARTS) is 2. The minimum absolute atomic E-state index is 0.00187. The van der Waals surface area contributed by atoms with Crippen LogP contribution in [0.1, 0.15) is 122 Å². The molecule has 0 bridgehead atoms. The van der Waals surface area contributed by atoms with Gasteiger partial charge in [0.2, 0.25) is 65.0 Å². The Kier molecular flexibility index (Phi) is 37.1. The van der Waals surface area contributed by atoms with Crippen LogP contribution in [0.2, 0.25) is 0 Å². The van der Waals surface area contributed by atoms with Crippen LogP contribution in [0.3, 0.4) is 0 Å². The van der Waals surface area contributed by atoms with Crippen LogP contribution in [-0.4, -0.2) is 219 Å². The number of carboxylic acids is 2. The molecule has 24 N–H and O–H groups in total. The van der Waals surface area contributed by atoms with Gasteiger partial charge in [0.1, 0.15) is 71.9 Å². The quantitative estimate of drug-likeness (QED) is 0.0173. The highest BCUT2D eigenvalue weighted by Crippen LogP contribution is 2.22. The molecule has 1 saturated heterocycles. The fourth-order valence-electron chi connectivity index (χ4n) is 10.4. The smallest absolute Gasteiger partial charge is 0.326 e. The number of aromatic hydroxyl groups is 2. The van der Waals surface area contributed by atoms with Crippen LogP contribution in [0.15, 0.2) is 53.5 Å². The van der Waals surface area contributed by atoms with Crippen molar-refractivity contribution in [1.29, 1.82) is 0 Å². The molecule has 0 saturated carbocycles. The number of carbonyl (C=O) groups is 13. The third-order valence-corrected chi connectivity index (χ3v) is 16.9. The fourth-order valence-corrected chi connectivity index (χ4v) is 10.8. The van der Waals surface area contributed by atoms with Crippen LogP contribution in [0.4, 0.5) is 0 Å². The number of thioether (sulfide) groups is 1. The summed E-state index contributed by atoms with van der Waals surface area (Å²) in [7, 11) is 0. The number of unbranched alkanes of at least 4 members (excludes halogenated alkanes) is 2. The van der Waals surface area contributed by atoms with E-state index in [1.165, 1.54) is 62.0 Å². The van der Waals surface area contributed by atoms with Crippen molar-refractivity contribution in [3.05, 3.63) is 59.7 Å². The number of phenols is 2. The van der Waals surface area contributed by atoms with Crippen molar-refractivity contribution in [3.63, 3.8) is 0 Å². The van der Waals surface area contributed by atoms with Gasteiger partial charge in [0.15, 0.2) is 5.96 Å². The van der Waals surface area contributed by atoms with E-state index >= 15 is 0 Å². The number of phenolic OH excluding ortho intramolecular Hbond substituents is 2. The number of hydrogen-bond donors (Lipinski definition) is 19. The van der Waals surface area contributed by atoms with Gasteiger partial charge in [-0.2, -0.15) is 11.8 Å². The van der Waals surface area contributed by atoms with Gasteiger partial charge in [-0.25, -0.2) is 4.79 Å². The summed E-state index contributed by atoms with van der Waals surface area (Å²) in [5.41, 5.74) is 29.8. The number of guanidine groups is 1.